The Balaban J connectivity index is 2.89. The predicted octanol–water partition coefficient (Wildman–Crippen LogP) is 1.78. The molecular weight excluding hydrogens is 174 g/mol. The number of benzene rings is 1. The first-order chi connectivity index (χ1) is 6.69. The molecule has 0 radical (unpaired) electrons. The second-order valence-electron chi connectivity index (χ2n) is 3.45. The summed E-state index contributed by atoms with van der Waals surface area (Å²) < 4.78 is 0. The van der Waals surface area contributed by atoms with Crippen molar-refractivity contribution in [3.8, 4) is 0 Å². The van der Waals surface area contributed by atoms with Gasteiger partial charge in [-0.3, -0.25) is 0 Å². The Labute approximate surface area is 84.8 Å². The molecule has 14 heavy (non-hydrogen) atoms. The molecule has 1 atom stereocenters. The van der Waals surface area contributed by atoms with Crippen LogP contribution < -0.4 is 11.6 Å². The monoisotopic (exact) mass is 191 g/mol. The minimum Gasteiger partial charge on any atom is -0.382 e. The Bertz CT molecular complexity index is 314. The van der Waals surface area contributed by atoms with Crippen LogP contribution in [-0.4, -0.2) is 5.84 Å². The molecule has 76 valence electrons. The van der Waals surface area contributed by atoms with E-state index in [1.807, 2.05) is 12.1 Å². The number of rotatable bonds is 3. The predicted molar refractivity (Wildman–Crippen MR) is 60.1 cm³/mol. The largest absolute Gasteiger partial charge is 0.382 e. The van der Waals surface area contributed by atoms with Gasteiger partial charge in [0.15, 0.2) is 0 Å². The molecule has 0 saturated heterocycles. The van der Waals surface area contributed by atoms with Crippen LogP contribution in [0.2, 0.25) is 0 Å². The quantitative estimate of drug-likeness (QED) is 0.331. The van der Waals surface area contributed by atoms with Crippen LogP contribution in [0.25, 0.3) is 0 Å². The number of nitrogens with two attached hydrogens (primary N) is 2. The molecule has 0 bridgehead atoms. The zero-order chi connectivity index (χ0) is 10.6. The lowest BCUT2D eigenvalue weighted by Crippen LogP contribution is -2.15. The van der Waals surface area contributed by atoms with E-state index in [9.17, 15) is 0 Å². The number of hydrogen-bond acceptors (Lipinski definition) is 2. The normalized spacial score (nSPS) is 14.0. The molecule has 0 aliphatic rings. The molecule has 0 saturated carbocycles. The standard InChI is InChI=1S/C11H17N3/c1-3-8(2)9-4-6-10(7-5-9)11(12)14-13/h4-8H,3,13H2,1-2H3,(H2,12,14). The maximum Gasteiger partial charge on any atom is 0.150 e. The van der Waals surface area contributed by atoms with Gasteiger partial charge in [0.25, 0.3) is 0 Å². The molecule has 0 fully saturated rings. The summed E-state index contributed by atoms with van der Waals surface area (Å²) in [5, 5.41) is 3.45. The van der Waals surface area contributed by atoms with Crippen LogP contribution in [-0.2, 0) is 0 Å². The first-order valence-corrected chi connectivity index (χ1v) is 4.82. The van der Waals surface area contributed by atoms with Gasteiger partial charge >= 0.3 is 0 Å². The molecule has 1 rings (SSSR count). The van der Waals surface area contributed by atoms with Gasteiger partial charge in [0.05, 0.1) is 0 Å². The highest BCUT2D eigenvalue weighted by atomic mass is 15.1. The minimum atomic E-state index is 0.376. The van der Waals surface area contributed by atoms with Gasteiger partial charge in [0.1, 0.15) is 5.84 Å². The van der Waals surface area contributed by atoms with E-state index < -0.39 is 0 Å². The van der Waals surface area contributed by atoms with Crippen molar-refractivity contribution < 1.29 is 0 Å². The molecular formula is C11H17N3. The molecule has 3 nitrogen and oxygen atoms in total. The zero-order valence-electron chi connectivity index (χ0n) is 8.70. The Morgan fingerprint density at radius 1 is 1.36 bits per heavy atom. The second-order valence-corrected chi connectivity index (χ2v) is 3.45. The lowest BCUT2D eigenvalue weighted by atomic mass is 9.97. The lowest BCUT2D eigenvalue weighted by molar-refractivity contribution is 0.733. The highest BCUT2D eigenvalue weighted by Gasteiger charge is 2.03. The summed E-state index contributed by atoms with van der Waals surface area (Å²) in [4.78, 5) is 0. The summed E-state index contributed by atoms with van der Waals surface area (Å²) in [7, 11) is 0. The Hall–Kier alpha value is -1.51. The van der Waals surface area contributed by atoms with Crippen molar-refractivity contribution in [1.29, 1.82) is 0 Å². The highest BCUT2D eigenvalue weighted by Crippen LogP contribution is 2.18. The fourth-order valence-electron chi connectivity index (χ4n) is 1.29. The number of nitrogens with zero attached hydrogens (tertiary/aromatic N) is 1. The van der Waals surface area contributed by atoms with E-state index >= 15 is 0 Å². The summed E-state index contributed by atoms with van der Waals surface area (Å²) >= 11 is 0. The second kappa shape index (κ2) is 4.65. The van der Waals surface area contributed by atoms with Crippen LogP contribution in [0.1, 0.15) is 37.3 Å². The topological polar surface area (TPSA) is 64.4 Å². The van der Waals surface area contributed by atoms with E-state index in [1.165, 1.54) is 5.56 Å². The first-order valence-electron chi connectivity index (χ1n) is 4.82. The smallest absolute Gasteiger partial charge is 0.150 e. The molecule has 1 unspecified atom stereocenters. The Kier molecular flexibility index (Phi) is 3.51. The molecule has 0 heterocycles. The van der Waals surface area contributed by atoms with Gasteiger partial charge in [-0.05, 0) is 17.9 Å². The van der Waals surface area contributed by atoms with Crippen molar-refractivity contribution in [1.82, 2.24) is 0 Å². The summed E-state index contributed by atoms with van der Waals surface area (Å²) in [5.41, 5.74) is 7.77. The molecule has 0 amide bonds. The zero-order valence-corrected chi connectivity index (χ0v) is 8.70. The van der Waals surface area contributed by atoms with Gasteiger partial charge < -0.3 is 11.6 Å². The van der Waals surface area contributed by atoms with Crippen LogP contribution in [0.3, 0.4) is 0 Å². The van der Waals surface area contributed by atoms with Crippen LogP contribution in [0.15, 0.2) is 29.4 Å². The number of hydrogen-bond donors (Lipinski definition) is 2. The van der Waals surface area contributed by atoms with Crippen molar-refractivity contribution in [3.63, 3.8) is 0 Å². The van der Waals surface area contributed by atoms with E-state index in [0.717, 1.165) is 12.0 Å². The van der Waals surface area contributed by atoms with Crippen molar-refractivity contribution in [3.05, 3.63) is 35.4 Å². The fourth-order valence-corrected chi connectivity index (χ4v) is 1.29. The van der Waals surface area contributed by atoms with Crippen molar-refractivity contribution >= 4 is 5.84 Å². The lowest BCUT2D eigenvalue weighted by Gasteiger charge is -2.09. The molecule has 0 aromatic heterocycles. The third-order valence-corrected chi connectivity index (χ3v) is 2.53. The molecule has 1 aromatic rings. The fraction of sp³-hybridized carbons (Fsp3) is 0.364. The minimum absolute atomic E-state index is 0.376. The van der Waals surface area contributed by atoms with Gasteiger partial charge in [-0.15, -0.1) is 0 Å². The third-order valence-electron chi connectivity index (χ3n) is 2.53. The van der Waals surface area contributed by atoms with Gasteiger partial charge in [0, 0.05) is 5.56 Å². The molecule has 4 N–H and O–H groups in total. The highest BCUT2D eigenvalue weighted by molar-refractivity contribution is 5.97. The van der Waals surface area contributed by atoms with E-state index in [4.69, 9.17) is 11.6 Å². The van der Waals surface area contributed by atoms with E-state index in [0.29, 0.717) is 11.8 Å². The average Bonchev–Trinajstić information content (AvgIpc) is 2.27. The van der Waals surface area contributed by atoms with E-state index in [1.54, 1.807) is 0 Å². The molecule has 1 aromatic carbocycles. The van der Waals surface area contributed by atoms with Crippen LogP contribution in [0.4, 0.5) is 0 Å². The van der Waals surface area contributed by atoms with Gasteiger partial charge in [-0.25, -0.2) is 0 Å². The summed E-state index contributed by atoms with van der Waals surface area (Å²) in [5.74, 6) is 6.05. The van der Waals surface area contributed by atoms with Crippen molar-refractivity contribution in [2.75, 3.05) is 0 Å². The van der Waals surface area contributed by atoms with E-state index in [2.05, 4.69) is 31.1 Å². The Morgan fingerprint density at radius 3 is 2.36 bits per heavy atom. The molecule has 0 spiro atoms. The van der Waals surface area contributed by atoms with Crippen LogP contribution in [0, 0.1) is 0 Å². The van der Waals surface area contributed by atoms with Crippen LogP contribution >= 0.6 is 0 Å². The van der Waals surface area contributed by atoms with Gasteiger partial charge in [-0.1, -0.05) is 38.1 Å². The molecule has 0 aliphatic heterocycles. The number of hydrazone groups is 1. The van der Waals surface area contributed by atoms with Crippen LogP contribution in [0.5, 0.6) is 0 Å². The third kappa shape index (κ3) is 2.25. The van der Waals surface area contributed by atoms with Gasteiger partial charge in [-0.2, -0.15) is 5.10 Å². The SMILES string of the molecule is CCC(C)c1ccc(/C(N)=N/N)cc1. The molecule has 0 aliphatic carbocycles. The average molecular weight is 191 g/mol. The van der Waals surface area contributed by atoms with Crippen molar-refractivity contribution in [2.24, 2.45) is 16.7 Å². The summed E-state index contributed by atoms with van der Waals surface area (Å²) in [6.45, 7) is 4.38. The van der Waals surface area contributed by atoms with Crippen molar-refractivity contribution in [2.45, 2.75) is 26.2 Å². The first kappa shape index (κ1) is 10.6. The van der Waals surface area contributed by atoms with E-state index in [-0.39, 0.29) is 0 Å². The number of amidine groups is 1. The van der Waals surface area contributed by atoms with Gasteiger partial charge in [0.2, 0.25) is 0 Å². The Morgan fingerprint density at radius 2 is 1.93 bits per heavy atom. The molecule has 3 heteroatoms. The summed E-state index contributed by atoms with van der Waals surface area (Å²) in [6.07, 6.45) is 1.14. The maximum atomic E-state index is 5.58. The summed E-state index contributed by atoms with van der Waals surface area (Å²) in [6, 6.07) is 8.05. The maximum absolute atomic E-state index is 5.58.